The first-order chi connectivity index (χ1) is 21.3. The van der Waals surface area contributed by atoms with E-state index >= 15 is 0 Å². The maximum Gasteiger partial charge on any atom is 0.0269 e. The summed E-state index contributed by atoms with van der Waals surface area (Å²) in [4.78, 5) is 8.68. The normalized spacial score (nSPS) is 11.7. The molecule has 0 fully saturated rings. The van der Waals surface area contributed by atoms with Gasteiger partial charge in [0.1, 0.15) is 0 Å². The summed E-state index contributed by atoms with van der Waals surface area (Å²) in [6.07, 6.45) is 12.3. The molecule has 2 aliphatic rings. The van der Waals surface area contributed by atoms with Crippen LogP contribution in [0.25, 0.3) is 11.1 Å². The second-order valence-corrected chi connectivity index (χ2v) is 14.2. The van der Waals surface area contributed by atoms with Crippen LogP contribution in [0.4, 0.5) is 54.9 Å². The zero-order chi connectivity index (χ0) is 35.3. The number of aryl methyl sites for hydroxylation is 6. The van der Waals surface area contributed by atoms with Crippen molar-refractivity contribution in [3.63, 3.8) is 0 Å². The summed E-state index contributed by atoms with van der Waals surface area (Å²) >= 11 is 8.08. The number of hydrogen-bond acceptors (Lipinski definition) is 3. The lowest BCUT2D eigenvalue weighted by atomic mass is 9.97. The molecular weight excluding hydrogens is 787 g/mol. The van der Waals surface area contributed by atoms with E-state index in [0.717, 1.165) is 0 Å². The van der Waals surface area contributed by atoms with Crippen LogP contribution in [0.1, 0.15) is 78.9 Å². The molecule has 3 aromatic rings. The van der Waals surface area contributed by atoms with E-state index in [4.69, 9.17) is 54.9 Å². The Bertz CT molecular complexity index is 1060. The van der Waals surface area contributed by atoms with Crippen molar-refractivity contribution in [3.05, 3.63) is 74.3 Å². The van der Waals surface area contributed by atoms with Gasteiger partial charge in [0.25, 0.3) is 0 Å². The van der Waals surface area contributed by atoms with Crippen molar-refractivity contribution in [2.75, 3.05) is 0 Å². The van der Waals surface area contributed by atoms with Crippen molar-refractivity contribution in [1.29, 1.82) is 0 Å². The molecule has 0 spiro atoms. The van der Waals surface area contributed by atoms with Crippen LogP contribution in [-0.2, 0) is 0 Å². The van der Waals surface area contributed by atoms with Gasteiger partial charge in [0.05, 0.1) is 0 Å². The average Bonchev–Trinajstić information content (AvgIpc) is 3.91. The summed E-state index contributed by atoms with van der Waals surface area (Å²) in [6, 6.07) is 6.98. The molecule has 0 bridgehead atoms. The average molecular weight is 823 g/mol. The third-order valence-electron chi connectivity index (χ3n) is 5.84. The van der Waals surface area contributed by atoms with Gasteiger partial charge in [-0.3, -0.25) is 0 Å². The SMILES string of the molecule is C1=CCCC1.Cc1cc(C2=C(c3cc(C)sc3C)CCC2)c(C)s1.Cc1cc(I)c(C)s1.FF.FF.FF.FF.FF.FF. The third-order valence-corrected chi connectivity index (χ3v) is 10.2. The lowest BCUT2D eigenvalue weighted by Crippen LogP contribution is -1.86. The van der Waals surface area contributed by atoms with E-state index in [2.05, 4.69) is 94.5 Å². The molecule has 0 radical (unpaired) electrons. The van der Waals surface area contributed by atoms with Crippen LogP contribution in [0.5, 0.6) is 0 Å². The molecule has 0 atom stereocenters. The molecule has 0 unspecified atom stereocenters. The topological polar surface area (TPSA) is 0 Å². The highest BCUT2D eigenvalue weighted by Gasteiger charge is 2.22. The minimum atomic E-state index is 1.25. The van der Waals surface area contributed by atoms with Crippen LogP contribution in [0.2, 0.25) is 0 Å². The first-order valence-electron chi connectivity index (χ1n) is 12.4. The van der Waals surface area contributed by atoms with Crippen molar-refractivity contribution in [1.82, 2.24) is 0 Å². The van der Waals surface area contributed by atoms with Crippen LogP contribution < -0.4 is 0 Å². The second kappa shape index (κ2) is 32.9. The summed E-state index contributed by atoms with van der Waals surface area (Å²) in [5.41, 5.74) is 6.25. The summed E-state index contributed by atoms with van der Waals surface area (Å²) < 4.78 is 97.4. The quantitative estimate of drug-likeness (QED) is 0.137. The highest BCUT2D eigenvalue weighted by Crippen LogP contribution is 2.44. The van der Waals surface area contributed by atoms with E-state index in [1.165, 1.54) is 82.5 Å². The highest BCUT2D eigenvalue weighted by molar-refractivity contribution is 14.1. The lowest BCUT2D eigenvalue weighted by molar-refractivity contribution is 0.108. The Hall–Kier alpha value is -1.53. The van der Waals surface area contributed by atoms with Crippen LogP contribution in [0.15, 0.2) is 30.4 Å². The summed E-state index contributed by atoms with van der Waals surface area (Å²) in [7, 11) is 0. The third kappa shape index (κ3) is 19.1. The summed E-state index contributed by atoms with van der Waals surface area (Å²) in [5, 5.41) is 0. The molecular formula is C28H35F12IS3. The molecule has 16 heteroatoms. The molecule has 256 valence electrons. The van der Waals surface area contributed by atoms with E-state index in [-0.39, 0.29) is 0 Å². The van der Waals surface area contributed by atoms with Crippen molar-refractivity contribution in [2.24, 2.45) is 0 Å². The predicted octanol–water partition coefficient (Wildman–Crippen LogP) is 15.9. The van der Waals surface area contributed by atoms with Crippen molar-refractivity contribution in [3.8, 4) is 0 Å². The molecule has 5 rings (SSSR count). The molecule has 0 saturated carbocycles. The molecule has 0 aliphatic heterocycles. The predicted molar refractivity (Wildman–Crippen MR) is 171 cm³/mol. The van der Waals surface area contributed by atoms with E-state index in [0.29, 0.717) is 0 Å². The fraction of sp³-hybridized carbons (Fsp3) is 0.429. The fourth-order valence-corrected chi connectivity index (χ4v) is 8.12. The Morgan fingerprint density at radius 2 is 0.795 bits per heavy atom. The van der Waals surface area contributed by atoms with Crippen molar-refractivity contribution >= 4 is 67.7 Å². The van der Waals surface area contributed by atoms with Gasteiger partial charge >= 0.3 is 0 Å². The van der Waals surface area contributed by atoms with Gasteiger partial charge in [0.2, 0.25) is 0 Å². The first kappa shape index (κ1) is 49.4. The number of thiophene rings is 3. The molecule has 0 saturated heterocycles. The van der Waals surface area contributed by atoms with Gasteiger partial charge in [0.15, 0.2) is 0 Å². The molecule has 2 aliphatic carbocycles. The zero-order valence-corrected chi connectivity index (χ0v) is 29.4. The van der Waals surface area contributed by atoms with Gasteiger partial charge in [-0.05, 0) is 143 Å². The van der Waals surface area contributed by atoms with Crippen LogP contribution in [0, 0.1) is 45.1 Å². The minimum Gasteiger partial charge on any atom is -0.145 e. The molecule has 0 N–H and O–H groups in total. The molecule has 0 aromatic carbocycles. The highest BCUT2D eigenvalue weighted by atomic mass is 127. The van der Waals surface area contributed by atoms with Crippen molar-refractivity contribution < 1.29 is 54.9 Å². The zero-order valence-electron chi connectivity index (χ0n) is 24.8. The van der Waals surface area contributed by atoms with Crippen LogP contribution >= 0.6 is 56.6 Å². The number of halogens is 13. The van der Waals surface area contributed by atoms with Gasteiger partial charge in [-0.2, -0.15) is 0 Å². The van der Waals surface area contributed by atoms with Gasteiger partial charge in [-0.1, -0.05) is 12.2 Å². The van der Waals surface area contributed by atoms with E-state index in [1.807, 2.05) is 34.0 Å². The molecule has 3 heterocycles. The number of hydrogen-bond donors (Lipinski definition) is 0. The van der Waals surface area contributed by atoms with Gasteiger partial charge in [0, 0.05) is 87.7 Å². The Morgan fingerprint density at radius 1 is 0.477 bits per heavy atom. The smallest absolute Gasteiger partial charge is 0.0269 e. The minimum absolute atomic E-state index is 1.25. The van der Waals surface area contributed by atoms with Crippen LogP contribution in [-0.4, -0.2) is 0 Å². The molecule has 0 nitrogen and oxygen atoms in total. The number of rotatable bonds is 2. The molecule has 3 aromatic heterocycles. The maximum atomic E-state index is 8.00. The molecule has 44 heavy (non-hydrogen) atoms. The monoisotopic (exact) mass is 822 g/mol. The van der Waals surface area contributed by atoms with Gasteiger partial charge < -0.3 is 0 Å². The largest absolute Gasteiger partial charge is 0.145 e. The van der Waals surface area contributed by atoms with E-state index in [1.54, 1.807) is 11.1 Å². The fourth-order valence-electron chi connectivity index (χ4n) is 4.39. The maximum absolute atomic E-state index is 8.00. The Kier molecular flexibility index (Phi) is 36.8. The van der Waals surface area contributed by atoms with E-state index in [9.17, 15) is 0 Å². The van der Waals surface area contributed by atoms with E-state index < -0.39 is 0 Å². The second-order valence-electron chi connectivity index (χ2n) is 8.63. The van der Waals surface area contributed by atoms with Crippen molar-refractivity contribution in [2.45, 2.75) is 80.1 Å². The van der Waals surface area contributed by atoms with Gasteiger partial charge in [-0.15, -0.1) is 34.0 Å². The lowest BCUT2D eigenvalue weighted by Gasteiger charge is -2.07. The Morgan fingerprint density at radius 3 is 0.977 bits per heavy atom. The summed E-state index contributed by atoms with van der Waals surface area (Å²) in [6.45, 7) is 13.3. The standard InChI is InChI=1S/C17H20S2.C6H7IS.C5H8.6F2/c1-10-8-16(12(3)18-10)14-6-5-7-15(14)17-9-11(2)19-13(17)4;1-4-3-6(7)5(2)8-4;1-2-4-5-3-1;6*1-2/h8-9H,5-7H2,1-4H3;3H,1-2H3;1-2H,3-5H2;;;;;;. The van der Waals surface area contributed by atoms with Gasteiger partial charge in [-0.25, -0.2) is 0 Å². The molecule has 0 amide bonds. The number of allylic oxidation sites excluding steroid dienone is 4. The van der Waals surface area contributed by atoms with Crippen LogP contribution in [0.3, 0.4) is 0 Å². The first-order valence-corrected chi connectivity index (χ1v) is 15.9. The Balaban J connectivity index is -0.000000267. The summed E-state index contributed by atoms with van der Waals surface area (Å²) in [5.74, 6) is 0. The Labute approximate surface area is 275 Å².